The third-order valence-electron chi connectivity index (χ3n) is 4.02. The zero-order valence-corrected chi connectivity index (χ0v) is 13.0. The number of hydrazine groups is 1. The van der Waals surface area contributed by atoms with Gasteiger partial charge in [-0.15, -0.1) is 0 Å². The van der Waals surface area contributed by atoms with Crippen molar-refractivity contribution in [1.29, 1.82) is 0 Å². The van der Waals surface area contributed by atoms with Gasteiger partial charge in [0.1, 0.15) is 5.82 Å². The summed E-state index contributed by atoms with van der Waals surface area (Å²) in [4.78, 5) is 19.0. The van der Waals surface area contributed by atoms with E-state index in [2.05, 4.69) is 27.7 Å². The third kappa shape index (κ3) is 3.92. The van der Waals surface area contributed by atoms with Gasteiger partial charge in [-0.05, 0) is 44.5 Å². The summed E-state index contributed by atoms with van der Waals surface area (Å²) < 4.78 is 0. The van der Waals surface area contributed by atoms with Gasteiger partial charge in [-0.3, -0.25) is 4.79 Å². The first-order chi connectivity index (χ1) is 10.0. The quantitative estimate of drug-likeness (QED) is 0.563. The molecule has 1 unspecified atom stereocenters. The number of anilines is 1. The van der Waals surface area contributed by atoms with Gasteiger partial charge in [-0.25, -0.2) is 10.8 Å². The number of nitrogens with one attached hydrogen (secondary N) is 2. The monoisotopic (exact) mass is 291 g/mol. The molecule has 1 amide bonds. The molecule has 1 saturated heterocycles. The number of carbonyl (C=O) groups is 1. The van der Waals surface area contributed by atoms with E-state index in [4.69, 9.17) is 5.84 Å². The Morgan fingerprint density at radius 1 is 1.52 bits per heavy atom. The fourth-order valence-electron chi connectivity index (χ4n) is 2.60. The highest BCUT2D eigenvalue weighted by Gasteiger charge is 2.21. The average molecular weight is 291 g/mol. The molecule has 0 spiro atoms. The smallest absolute Gasteiger partial charge is 0.251 e. The van der Waals surface area contributed by atoms with E-state index < -0.39 is 0 Å². The number of aromatic nitrogens is 1. The maximum Gasteiger partial charge on any atom is 0.251 e. The molecule has 1 aliphatic rings. The Morgan fingerprint density at radius 2 is 2.29 bits per heavy atom. The number of rotatable bonds is 5. The number of pyridine rings is 1. The number of likely N-dealkylation sites (tertiary alicyclic amines) is 1. The van der Waals surface area contributed by atoms with Gasteiger partial charge in [0.25, 0.3) is 5.91 Å². The summed E-state index contributed by atoms with van der Waals surface area (Å²) in [6, 6.07) is 3.95. The second-order valence-corrected chi connectivity index (χ2v) is 5.95. The van der Waals surface area contributed by atoms with Crippen LogP contribution in [0.25, 0.3) is 0 Å². The lowest BCUT2D eigenvalue weighted by molar-refractivity contribution is 0.0943. The number of nitrogens with zero attached hydrogens (tertiary/aromatic N) is 2. The van der Waals surface area contributed by atoms with Crippen LogP contribution in [0.1, 0.15) is 48.7 Å². The Hall–Kier alpha value is -1.66. The standard InChI is InChI=1S/C15H25N5O/c1-10(2)13-7-11(8-14(18-13)19-16)15(21)17-9-12-5-4-6-20(12)3/h7-8,10,12H,4-6,9,16H2,1-3H3,(H,17,21)(H,18,19). The average Bonchev–Trinajstić information content (AvgIpc) is 2.89. The van der Waals surface area contributed by atoms with Crippen LogP contribution in [0.15, 0.2) is 12.1 Å². The zero-order chi connectivity index (χ0) is 15.4. The van der Waals surface area contributed by atoms with Crippen molar-refractivity contribution in [2.24, 2.45) is 5.84 Å². The van der Waals surface area contributed by atoms with Crippen LogP contribution in [0.2, 0.25) is 0 Å². The second-order valence-electron chi connectivity index (χ2n) is 5.95. The highest BCUT2D eigenvalue weighted by Crippen LogP contribution is 2.18. The van der Waals surface area contributed by atoms with Crippen molar-refractivity contribution >= 4 is 11.7 Å². The van der Waals surface area contributed by atoms with Crippen LogP contribution in [0.4, 0.5) is 5.82 Å². The van der Waals surface area contributed by atoms with Crippen LogP contribution in [-0.4, -0.2) is 42.0 Å². The molecular weight excluding hydrogens is 266 g/mol. The van der Waals surface area contributed by atoms with E-state index in [0.717, 1.165) is 18.7 Å². The molecule has 21 heavy (non-hydrogen) atoms. The number of nitrogen functional groups attached to an aromatic ring is 1. The molecule has 0 aliphatic carbocycles. The predicted molar refractivity (Wildman–Crippen MR) is 84.1 cm³/mol. The van der Waals surface area contributed by atoms with Crippen molar-refractivity contribution in [2.75, 3.05) is 25.6 Å². The molecule has 2 heterocycles. The molecule has 116 valence electrons. The van der Waals surface area contributed by atoms with E-state index >= 15 is 0 Å². The lowest BCUT2D eigenvalue weighted by Gasteiger charge is -2.20. The Labute approximate surface area is 126 Å². The Kier molecular flexibility index (Phi) is 5.14. The third-order valence-corrected chi connectivity index (χ3v) is 4.02. The van der Waals surface area contributed by atoms with Gasteiger partial charge in [-0.2, -0.15) is 0 Å². The first kappa shape index (κ1) is 15.7. The van der Waals surface area contributed by atoms with E-state index in [9.17, 15) is 4.79 Å². The second kappa shape index (κ2) is 6.87. The van der Waals surface area contributed by atoms with Crippen LogP contribution in [-0.2, 0) is 0 Å². The first-order valence-corrected chi connectivity index (χ1v) is 7.48. The van der Waals surface area contributed by atoms with Gasteiger partial charge in [0.2, 0.25) is 0 Å². The normalized spacial score (nSPS) is 19.0. The SMILES string of the molecule is CC(C)c1cc(C(=O)NCC2CCCN2C)cc(NN)n1. The largest absolute Gasteiger partial charge is 0.350 e. The summed E-state index contributed by atoms with van der Waals surface area (Å²) in [6.07, 6.45) is 2.34. The minimum Gasteiger partial charge on any atom is -0.350 e. The molecule has 1 aromatic heterocycles. The maximum atomic E-state index is 12.3. The molecule has 1 aliphatic heterocycles. The molecule has 1 atom stereocenters. The number of hydrogen-bond donors (Lipinski definition) is 3. The van der Waals surface area contributed by atoms with E-state index in [1.54, 1.807) is 6.07 Å². The van der Waals surface area contributed by atoms with Gasteiger partial charge >= 0.3 is 0 Å². The molecule has 6 nitrogen and oxygen atoms in total. The van der Waals surface area contributed by atoms with Crippen molar-refractivity contribution in [3.05, 3.63) is 23.4 Å². The lowest BCUT2D eigenvalue weighted by atomic mass is 10.1. The number of likely N-dealkylation sites (N-methyl/N-ethyl adjacent to an activating group) is 1. The Balaban J connectivity index is 2.05. The molecule has 4 N–H and O–H groups in total. The fraction of sp³-hybridized carbons (Fsp3) is 0.600. The van der Waals surface area contributed by atoms with Gasteiger partial charge in [-0.1, -0.05) is 13.8 Å². The lowest BCUT2D eigenvalue weighted by Crippen LogP contribution is -2.38. The van der Waals surface area contributed by atoms with Crippen LogP contribution < -0.4 is 16.6 Å². The number of nitrogens with two attached hydrogens (primary N) is 1. The van der Waals surface area contributed by atoms with Crippen LogP contribution in [0.5, 0.6) is 0 Å². The predicted octanol–water partition coefficient (Wildman–Crippen LogP) is 1.31. The highest BCUT2D eigenvalue weighted by molar-refractivity contribution is 5.95. The van der Waals surface area contributed by atoms with Crippen molar-refractivity contribution in [2.45, 2.75) is 38.6 Å². The minimum atomic E-state index is -0.0731. The van der Waals surface area contributed by atoms with Gasteiger partial charge in [0.15, 0.2) is 0 Å². The van der Waals surface area contributed by atoms with Crippen molar-refractivity contribution in [3.63, 3.8) is 0 Å². The van der Waals surface area contributed by atoms with E-state index in [1.807, 2.05) is 19.9 Å². The van der Waals surface area contributed by atoms with Crippen molar-refractivity contribution in [1.82, 2.24) is 15.2 Å². The summed E-state index contributed by atoms with van der Waals surface area (Å²) in [7, 11) is 2.10. The summed E-state index contributed by atoms with van der Waals surface area (Å²) in [5, 5.41) is 3.01. The first-order valence-electron chi connectivity index (χ1n) is 7.48. The van der Waals surface area contributed by atoms with E-state index in [-0.39, 0.29) is 11.8 Å². The molecular formula is C15H25N5O. The van der Waals surface area contributed by atoms with Crippen LogP contribution in [0, 0.1) is 0 Å². The number of carbonyl (C=O) groups excluding carboxylic acids is 1. The summed E-state index contributed by atoms with van der Waals surface area (Å²) in [5.41, 5.74) is 3.98. The molecule has 0 aromatic carbocycles. The molecule has 2 rings (SSSR count). The molecule has 1 fully saturated rings. The van der Waals surface area contributed by atoms with Crippen LogP contribution in [0.3, 0.4) is 0 Å². The van der Waals surface area contributed by atoms with Gasteiger partial charge < -0.3 is 15.6 Å². The zero-order valence-electron chi connectivity index (χ0n) is 13.0. The minimum absolute atomic E-state index is 0.0731. The number of hydrogen-bond acceptors (Lipinski definition) is 5. The molecule has 1 aromatic rings. The summed E-state index contributed by atoms with van der Waals surface area (Å²) >= 11 is 0. The molecule has 6 heteroatoms. The summed E-state index contributed by atoms with van der Waals surface area (Å²) in [6.45, 7) is 5.87. The molecule has 0 radical (unpaired) electrons. The fourth-order valence-corrected chi connectivity index (χ4v) is 2.60. The molecule has 0 bridgehead atoms. The van der Waals surface area contributed by atoms with E-state index in [1.165, 1.54) is 6.42 Å². The summed E-state index contributed by atoms with van der Waals surface area (Å²) in [5.74, 6) is 6.12. The number of amides is 1. The Bertz CT molecular complexity index is 503. The molecule has 0 saturated carbocycles. The van der Waals surface area contributed by atoms with E-state index in [0.29, 0.717) is 24.0 Å². The van der Waals surface area contributed by atoms with Crippen molar-refractivity contribution in [3.8, 4) is 0 Å². The maximum absolute atomic E-state index is 12.3. The highest BCUT2D eigenvalue weighted by atomic mass is 16.1. The topological polar surface area (TPSA) is 83.3 Å². The van der Waals surface area contributed by atoms with Gasteiger partial charge in [0, 0.05) is 23.8 Å². The van der Waals surface area contributed by atoms with Crippen molar-refractivity contribution < 1.29 is 4.79 Å². The Morgan fingerprint density at radius 3 is 2.86 bits per heavy atom. The van der Waals surface area contributed by atoms with Gasteiger partial charge in [0.05, 0.1) is 0 Å². The van der Waals surface area contributed by atoms with Crippen LogP contribution >= 0.6 is 0 Å².